The molecule has 0 aromatic rings. The molecule has 0 saturated heterocycles. The van der Waals surface area contributed by atoms with Gasteiger partial charge in [-0.2, -0.15) is 43.5 Å². The minimum absolute atomic E-state index is 0.325. The fraction of sp³-hybridized carbons (Fsp3) is 1.00. The lowest BCUT2D eigenvalue weighted by molar-refractivity contribution is -0.473. The normalized spacial score (nSPS) is 19.4. The Morgan fingerprint density at radius 1 is 0.818 bits per heavy atom. The van der Waals surface area contributed by atoms with Crippen LogP contribution in [0, 0.1) is 16.2 Å². The van der Waals surface area contributed by atoms with Gasteiger partial charge in [0.2, 0.25) is 0 Å². The summed E-state index contributed by atoms with van der Waals surface area (Å²) in [4.78, 5) is 0. The molecule has 200 valence electrons. The van der Waals surface area contributed by atoms with Gasteiger partial charge in [-0.25, -0.2) is 13.2 Å². The summed E-state index contributed by atoms with van der Waals surface area (Å²) in [6.45, 7) is 3.34. The second-order valence-corrected chi connectivity index (χ2v) is 10.7. The maximum atomic E-state index is 16.2. The molecule has 0 aliphatic heterocycles. The van der Waals surface area contributed by atoms with E-state index in [0.717, 1.165) is 27.7 Å². The first-order valence-corrected chi connectivity index (χ1v) is 10.6. The lowest BCUT2D eigenvalue weighted by Crippen LogP contribution is -2.72. The molecule has 0 aromatic heterocycles. The molecule has 0 aliphatic carbocycles. The Morgan fingerprint density at radius 3 is 1.42 bits per heavy atom. The molecule has 0 bridgehead atoms. The van der Waals surface area contributed by atoms with Crippen molar-refractivity contribution in [2.45, 2.75) is 90.4 Å². The van der Waals surface area contributed by atoms with Crippen molar-refractivity contribution in [1.29, 1.82) is 0 Å². The molecule has 4 nitrogen and oxygen atoms in total. The minimum Gasteiger partial charge on any atom is -0.281 e. The van der Waals surface area contributed by atoms with E-state index in [1.54, 1.807) is 0 Å². The number of rotatable bonds is 10. The third-order valence-corrected chi connectivity index (χ3v) is 7.19. The molecule has 33 heavy (non-hydrogen) atoms. The largest absolute Gasteiger partial charge is 0.460 e. The van der Waals surface area contributed by atoms with Crippen LogP contribution in [0.1, 0.15) is 54.9 Å². The molecule has 0 fully saturated rings. The van der Waals surface area contributed by atoms with Crippen LogP contribution in [0.15, 0.2) is 0 Å². The van der Waals surface area contributed by atoms with Gasteiger partial charge in [-0.05, 0) is 25.7 Å². The summed E-state index contributed by atoms with van der Waals surface area (Å²) in [7, 11) is -7.13. The third-order valence-electron chi connectivity index (χ3n) is 6.30. The van der Waals surface area contributed by atoms with Crippen LogP contribution in [0.25, 0.3) is 0 Å². The van der Waals surface area contributed by atoms with Gasteiger partial charge in [0.15, 0.2) is 0 Å². The highest BCUT2D eigenvalue weighted by molar-refractivity contribution is 7.86. The second-order valence-electron chi connectivity index (χ2n) is 9.26. The number of alkyl halides is 11. The number of ether oxygens (including phenoxy) is 1. The van der Waals surface area contributed by atoms with E-state index in [-0.39, 0.29) is 13.8 Å². The van der Waals surface area contributed by atoms with Crippen LogP contribution in [0.4, 0.5) is 48.3 Å². The monoisotopic (exact) mass is 534 g/mol. The van der Waals surface area contributed by atoms with Crippen LogP contribution < -0.4 is 0 Å². The van der Waals surface area contributed by atoms with Crippen molar-refractivity contribution in [3.05, 3.63) is 0 Å². The summed E-state index contributed by atoms with van der Waals surface area (Å²) in [6, 6.07) is 0. The van der Waals surface area contributed by atoms with E-state index in [1.807, 2.05) is 0 Å². The fourth-order valence-electron chi connectivity index (χ4n) is 3.03. The maximum Gasteiger partial charge on any atom is 0.460 e. The highest BCUT2D eigenvalue weighted by Gasteiger charge is 2.83. The van der Waals surface area contributed by atoms with E-state index in [1.165, 1.54) is 0 Å². The molecule has 0 rings (SSSR count). The molecule has 0 heterocycles. The zero-order valence-electron chi connectivity index (χ0n) is 18.5. The van der Waals surface area contributed by atoms with Crippen molar-refractivity contribution in [3.8, 4) is 0 Å². The third kappa shape index (κ3) is 4.43. The topological polar surface area (TPSA) is 63.6 Å². The summed E-state index contributed by atoms with van der Waals surface area (Å²) in [5.41, 5.74) is -9.69. The smallest absolute Gasteiger partial charge is 0.281 e. The van der Waals surface area contributed by atoms with Gasteiger partial charge in [-0.3, -0.25) is 9.29 Å². The van der Waals surface area contributed by atoms with Gasteiger partial charge < -0.3 is 0 Å². The summed E-state index contributed by atoms with van der Waals surface area (Å²) in [6.07, 6.45) is -12.7. The van der Waals surface area contributed by atoms with Gasteiger partial charge in [-0.15, -0.1) is 0 Å². The first-order valence-electron chi connectivity index (χ1n) is 9.11. The zero-order valence-corrected chi connectivity index (χ0v) is 19.3. The van der Waals surface area contributed by atoms with Crippen LogP contribution in [0.5, 0.6) is 0 Å². The average Bonchev–Trinajstić information content (AvgIpc) is 2.57. The molecule has 0 amide bonds. The Bertz CT molecular complexity index is 821. The van der Waals surface area contributed by atoms with E-state index in [9.17, 15) is 43.5 Å². The lowest BCUT2D eigenvalue weighted by Gasteiger charge is -2.56. The molecular formula is C17H25F11O4S. The number of hydrogen-bond acceptors (Lipinski definition) is 3. The van der Waals surface area contributed by atoms with Crippen molar-refractivity contribution >= 4 is 10.1 Å². The van der Waals surface area contributed by atoms with Gasteiger partial charge in [-0.1, -0.05) is 34.6 Å². The Kier molecular flexibility index (Phi) is 8.12. The second kappa shape index (κ2) is 8.35. The van der Waals surface area contributed by atoms with E-state index in [2.05, 4.69) is 4.74 Å². The van der Waals surface area contributed by atoms with Crippen molar-refractivity contribution in [2.24, 2.45) is 16.2 Å². The molecule has 0 aliphatic rings. The summed E-state index contributed by atoms with van der Waals surface area (Å²) >= 11 is 0. The van der Waals surface area contributed by atoms with Crippen LogP contribution in [-0.2, 0) is 14.9 Å². The highest BCUT2D eigenvalue weighted by Crippen LogP contribution is 2.66. The van der Waals surface area contributed by atoms with Crippen LogP contribution in [-0.4, -0.2) is 48.5 Å². The van der Waals surface area contributed by atoms with E-state index < -0.39 is 68.3 Å². The first-order chi connectivity index (χ1) is 14.0. The first kappa shape index (κ1) is 32.1. The van der Waals surface area contributed by atoms with Gasteiger partial charge in [0.05, 0.1) is 0 Å². The quantitative estimate of drug-likeness (QED) is 0.248. The van der Waals surface area contributed by atoms with Gasteiger partial charge in [0.1, 0.15) is 5.41 Å². The van der Waals surface area contributed by atoms with E-state index >= 15 is 13.2 Å². The Hall–Kier alpha value is -0.900. The SMILES string of the molecule is CCC(C)(C(C)(C)C)C(F)(OC(F)(F)C(F)(F)S(=O)(=O)O)C(F)(F)C(C)(C)C(F)(F)C(F)F. The molecule has 0 aromatic carbocycles. The fourth-order valence-corrected chi connectivity index (χ4v) is 3.38. The van der Waals surface area contributed by atoms with Crippen LogP contribution >= 0.6 is 0 Å². The number of halogens is 11. The minimum atomic E-state index is -7.13. The van der Waals surface area contributed by atoms with E-state index in [4.69, 9.17) is 4.55 Å². The van der Waals surface area contributed by atoms with Crippen LogP contribution in [0.2, 0.25) is 0 Å². The summed E-state index contributed by atoms with van der Waals surface area (Å²) in [5.74, 6) is -17.5. The van der Waals surface area contributed by atoms with Crippen molar-refractivity contribution < 1.29 is 66.0 Å². The Labute approximate surface area is 183 Å². The molecule has 1 N–H and O–H groups in total. The molecule has 2 unspecified atom stereocenters. The predicted molar refractivity (Wildman–Crippen MR) is 93.9 cm³/mol. The Balaban J connectivity index is 7.52. The average molecular weight is 534 g/mol. The van der Waals surface area contributed by atoms with Gasteiger partial charge in [0, 0.05) is 5.41 Å². The zero-order chi connectivity index (χ0) is 27.5. The van der Waals surface area contributed by atoms with Crippen molar-refractivity contribution in [1.82, 2.24) is 0 Å². The molecule has 0 spiro atoms. The molecular weight excluding hydrogens is 509 g/mol. The predicted octanol–water partition coefficient (Wildman–Crippen LogP) is 6.77. The van der Waals surface area contributed by atoms with Gasteiger partial charge >= 0.3 is 39.8 Å². The lowest BCUT2D eigenvalue weighted by atomic mass is 9.57. The molecule has 0 radical (unpaired) electrons. The van der Waals surface area contributed by atoms with Gasteiger partial charge in [0.25, 0.3) is 5.85 Å². The van der Waals surface area contributed by atoms with Crippen LogP contribution in [0.3, 0.4) is 0 Å². The highest BCUT2D eigenvalue weighted by atomic mass is 32.2. The molecule has 16 heteroatoms. The Morgan fingerprint density at radius 2 is 1.18 bits per heavy atom. The number of hydrogen-bond donors (Lipinski definition) is 1. The maximum absolute atomic E-state index is 16.2. The summed E-state index contributed by atoms with van der Waals surface area (Å²) < 4.78 is 190. The van der Waals surface area contributed by atoms with Crippen molar-refractivity contribution in [2.75, 3.05) is 0 Å². The molecule has 2 atom stereocenters. The standard InChI is InChI=1S/C17H25F11O4S/c1-8-12(7,10(2,3)4)15(24,32-16(25,26)17(27,28)33(29,30)31)14(22,23)11(5,6)13(20,21)9(18)19/h9H,8H2,1-7H3,(H,29,30,31). The van der Waals surface area contributed by atoms with Crippen molar-refractivity contribution in [3.63, 3.8) is 0 Å². The summed E-state index contributed by atoms with van der Waals surface area (Å²) in [5, 5.41) is -6.74. The van der Waals surface area contributed by atoms with E-state index in [0.29, 0.717) is 6.92 Å². The molecule has 0 saturated carbocycles.